The lowest BCUT2D eigenvalue weighted by Gasteiger charge is -2.35. The Hall–Kier alpha value is -1.80. The third-order valence-electron chi connectivity index (χ3n) is 3.73. The highest BCUT2D eigenvalue weighted by Crippen LogP contribution is 2.29. The van der Waals surface area contributed by atoms with Crippen molar-refractivity contribution in [2.45, 2.75) is 6.92 Å². The molecule has 0 atom stereocenters. The van der Waals surface area contributed by atoms with Gasteiger partial charge in [0.15, 0.2) is 0 Å². The van der Waals surface area contributed by atoms with E-state index in [0.717, 1.165) is 31.9 Å². The Labute approximate surface area is 130 Å². The maximum absolute atomic E-state index is 11.9. The van der Waals surface area contributed by atoms with Gasteiger partial charge in [0.1, 0.15) is 0 Å². The van der Waals surface area contributed by atoms with Crippen molar-refractivity contribution in [2.24, 2.45) is 0 Å². The number of benzene rings is 1. The lowest BCUT2D eigenvalue weighted by Crippen LogP contribution is -2.44. The maximum Gasteiger partial charge on any atom is 0.335 e. The summed E-state index contributed by atoms with van der Waals surface area (Å²) in [5, 5.41) is 9.10. The lowest BCUT2D eigenvalue weighted by molar-refractivity contribution is 0.0697. The molecule has 0 unspecified atom stereocenters. The number of hydrogen-bond donors (Lipinski definition) is 2. The topological polar surface area (TPSA) is 89.9 Å². The van der Waals surface area contributed by atoms with Gasteiger partial charge in [-0.25, -0.2) is 13.2 Å². The quantitative estimate of drug-likeness (QED) is 0.835. The minimum atomic E-state index is -3.47. The number of rotatable bonds is 5. The molecule has 1 aliphatic heterocycles. The molecule has 1 heterocycles. The summed E-state index contributed by atoms with van der Waals surface area (Å²) < 4.78 is 26.2. The Morgan fingerprint density at radius 2 is 1.91 bits per heavy atom. The third kappa shape index (κ3) is 3.89. The highest BCUT2D eigenvalue weighted by Gasteiger charge is 2.20. The van der Waals surface area contributed by atoms with E-state index in [2.05, 4.69) is 14.5 Å². The van der Waals surface area contributed by atoms with Crippen molar-refractivity contribution in [2.75, 3.05) is 48.6 Å². The van der Waals surface area contributed by atoms with Gasteiger partial charge < -0.3 is 14.9 Å². The Kier molecular flexibility index (Phi) is 4.92. The predicted molar refractivity (Wildman–Crippen MR) is 86.2 cm³/mol. The second kappa shape index (κ2) is 6.53. The van der Waals surface area contributed by atoms with Gasteiger partial charge in [-0.3, -0.25) is 4.72 Å². The number of carboxylic acids is 1. The number of likely N-dealkylation sites (N-methyl/N-ethyl adjacent to an activating group) is 1. The number of hydrogen-bond acceptors (Lipinski definition) is 5. The van der Waals surface area contributed by atoms with Crippen LogP contribution in [0.5, 0.6) is 0 Å². The first kappa shape index (κ1) is 16.6. The van der Waals surface area contributed by atoms with E-state index in [-0.39, 0.29) is 11.3 Å². The van der Waals surface area contributed by atoms with E-state index in [4.69, 9.17) is 5.11 Å². The third-order valence-corrected chi connectivity index (χ3v) is 5.02. The summed E-state index contributed by atoms with van der Waals surface area (Å²) in [5.74, 6) is -1.14. The maximum atomic E-state index is 11.9. The molecular weight excluding hydrogens is 306 g/mol. The van der Waals surface area contributed by atoms with E-state index in [0.29, 0.717) is 5.69 Å². The number of anilines is 2. The fraction of sp³-hybridized carbons (Fsp3) is 0.500. The van der Waals surface area contributed by atoms with Gasteiger partial charge in [0.05, 0.1) is 22.7 Å². The number of carbonyl (C=O) groups is 1. The van der Waals surface area contributed by atoms with E-state index >= 15 is 0 Å². The predicted octanol–water partition coefficient (Wildman–Crippen LogP) is 0.898. The lowest BCUT2D eigenvalue weighted by atomic mass is 10.1. The van der Waals surface area contributed by atoms with Gasteiger partial charge in [-0.1, -0.05) is 0 Å². The summed E-state index contributed by atoms with van der Waals surface area (Å²) in [6.45, 7) is 4.83. The average molecular weight is 327 g/mol. The van der Waals surface area contributed by atoms with Crippen molar-refractivity contribution in [1.82, 2.24) is 4.90 Å². The molecule has 0 bridgehead atoms. The van der Waals surface area contributed by atoms with Crippen LogP contribution < -0.4 is 9.62 Å². The van der Waals surface area contributed by atoms with Crippen molar-refractivity contribution < 1.29 is 18.3 Å². The van der Waals surface area contributed by atoms with Crippen LogP contribution in [0, 0.1) is 0 Å². The fourth-order valence-electron chi connectivity index (χ4n) is 2.31. The minimum Gasteiger partial charge on any atom is -0.478 e. The smallest absolute Gasteiger partial charge is 0.335 e. The molecule has 1 aromatic carbocycles. The molecule has 1 saturated heterocycles. The Morgan fingerprint density at radius 1 is 1.27 bits per heavy atom. The van der Waals surface area contributed by atoms with Crippen molar-refractivity contribution >= 4 is 27.4 Å². The van der Waals surface area contributed by atoms with Crippen molar-refractivity contribution in [3.05, 3.63) is 23.8 Å². The zero-order chi connectivity index (χ0) is 16.3. The highest BCUT2D eigenvalue weighted by molar-refractivity contribution is 7.92. The molecule has 22 heavy (non-hydrogen) atoms. The SMILES string of the molecule is CCS(=O)(=O)Nc1cc(C(=O)O)ccc1N1CCN(C)CC1. The van der Waals surface area contributed by atoms with Gasteiger partial charge in [0.2, 0.25) is 10.0 Å². The first-order chi connectivity index (χ1) is 10.3. The second-order valence-electron chi connectivity index (χ2n) is 5.33. The number of aromatic carboxylic acids is 1. The molecule has 0 aliphatic carbocycles. The van der Waals surface area contributed by atoms with E-state index in [1.807, 2.05) is 7.05 Å². The Morgan fingerprint density at radius 3 is 2.45 bits per heavy atom. The summed E-state index contributed by atoms with van der Waals surface area (Å²) >= 11 is 0. The molecule has 0 saturated carbocycles. The molecular formula is C14H21N3O4S. The minimum absolute atomic E-state index is 0.0617. The average Bonchev–Trinajstić information content (AvgIpc) is 2.48. The molecule has 0 radical (unpaired) electrons. The highest BCUT2D eigenvalue weighted by atomic mass is 32.2. The number of carboxylic acid groups (broad SMARTS) is 1. The normalized spacial score (nSPS) is 16.5. The van der Waals surface area contributed by atoms with Gasteiger partial charge >= 0.3 is 5.97 Å². The number of nitrogens with one attached hydrogen (secondary N) is 1. The van der Waals surface area contributed by atoms with Crippen LogP contribution in [0.4, 0.5) is 11.4 Å². The zero-order valence-electron chi connectivity index (χ0n) is 12.7. The van der Waals surface area contributed by atoms with Crippen LogP contribution in [0.2, 0.25) is 0 Å². The van der Waals surface area contributed by atoms with Gasteiger partial charge in [0, 0.05) is 26.2 Å². The molecule has 7 nitrogen and oxygen atoms in total. The van der Waals surface area contributed by atoms with E-state index < -0.39 is 16.0 Å². The van der Waals surface area contributed by atoms with Gasteiger partial charge in [0.25, 0.3) is 0 Å². The second-order valence-corrected chi connectivity index (χ2v) is 7.34. The van der Waals surface area contributed by atoms with Gasteiger partial charge in [-0.2, -0.15) is 0 Å². The van der Waals surface area contributed by atoms with Crippen LogP contribution in [0.25, 0.3) is 0 Å². The van der Waals surface area contributed by atoms with Crippen molar-refractivity contribution in [3.8, 4) is 0 Å². The summed E-state index contributed by atoms with van der Waals surface area (Å²) in [5.41, 5.74) is 1.10. The number of nitrogens with zero attached hydrogens (tertiary/aromatic N) is 2. The van der Waals surface area contributed by atoms with E-state index in [1.165, 1.54) is 12.1 Å². The van der Waals surface area contributed by atoms with Crippen molar-refractivity contribution in [3.63, 3.8) is 0 Å². The summed E-state index contributed by atoms with van der Waals surface area (Å²) in [7, 11) is -1.43. The molecule has 0 spiro atoms. The molecule has 8 heteroatoms. The van der Waals surface area contributed by atoms with Crippen LogP contribution in [0.3, 0.4) is 0 Å². The Balaban J connectivity index is 2.37. The molecule has 0 aromatic heterocycles. The number of sulfonamides is 1. The molecule has 2 N–H and O–H groups in total. The molecule has 1 aromatic rings. The van der Waals surface area contributed by atoms with Crippen LogP contribution in [0.1, 0.15) is 17.3 Å². The zero-order valence-corrected chi connectivity index (χ0v) is 13.6. The fourth-order valence-corrected chi connectivity index (χ4v) is 2.96. The summed E-state index contributed by atoms with van der Waals surface area (Å²) in [6, 6.07) is 4.55. The first-order valence-corrected chi connectivity index (χ1v) is 8.79. The van der Waals surface area contributed by atoms with Crippen LogP contribution >= 0.6 is 0 Å². The van der Waals surface area contributed by atoms with Crippen LogP contribution in [-0.2, 0) is 10.0 Å². The molecule has 2 rings (SSSR count). The van der Waals surface area contributed by atoms with E-state index in [9.17, 15) is 13.2 Å². The van der Waals surface area contributed by atoms with Crippen molar-refractivity contribution in [1.29, 1.82) is 0 Å². The molecule has 1 fully saturated rings. The van der Waals surface area contributed by atoms with E-state index in [1.54, 1.807) is 13.0 Å². The molecule has 1 aliphatic rings. The summed E-state index contributed by atoms with van der Waals surface area (Å²) in [6.07, 6.45) is 0. The van der Waals surface area contributed by atoms with Crippen LogP contribution in [-0.4, -0.2) is 63.4 Å². The van der Waals surface area contributed by atoms with Gasteiger partial charge in [-0.15, -0.1) is 0 Å². The Bertz CT molecular complexity index is 652. The van der Waals surface area contributed by atoms with Crippen LogP contribution in [0.15, 0.2) is 18.2 Å². The monoisotopic (exact) mass is 327 g/mol. The number of piperazine rings is 1. The molecule has 122 valence electrons. The van der Waals surface area contributed by atoms with Gasteiger partial charge in [-0.05, 0) is 32.2 Å². The molecule has 0 amide bonds. The summed E-state index contributed by atoms with van der Waals surface area (Å²) in [4.78, 5) is 15.4. The largest absolute Gasteiger partial charge is 0.478 e. The first-order valence-electron chi connectivity index (χ1n) is 7.13. The standard InChI is InChI=1S/C14H21N3O4S/c1-3-22(20,21)15-12-10-11(14(18)19)4-5-13(12)17-8-6-16(2)7-9-17/h4-5,10,15H,3,6-9H2,1-2H3,(H,18,19).